The number of carbonyl (C=O) groups is 1. The van der Waals surface area contributed by atoms with Gasteiger partial charge in [-0.15, -0.1) is 0 Å². The Morgan fingerprint density at radius 3 is 2.61 bits per heavy atom. The molecule has 1 aliphatic rings. The van der Waals surface area contributed by atoms with Gasteiger partial charge in [-0.05, 0) is 31.4 Å². The molecule has 0 bridgehead atoms. The number of alkyl halides is 1. The van der Waals surface area contributed by atoms with E-state index in [0.717, 1.165) is 19.4 Å². The number of rotatable bonds is 6. The molecule has 0 aliphatic carbocycles. The summed E-state index contributed by atoms with van der Waals surface area (Å²) in [5.74, 6) is 0.0926. The van der Waals surface area contributed by atoms with Gasteiger partial charge >= 0.3 is 0 Å². The number of halogens is 1. The molecule has 1 heterocycles. The molecule has 1 aromatic rings. The standard InChI is InChI=1S/C14H20FNO.C4H9NO/c15-13-9-14(11-17)16(10-13)8-4-7-12-5-2-1-3-6-12;1-3-4(6)5-2/h1-3,5-6,13-14,17H,4,7-11H2;3H2,1-2H3,(H,5,6). The highest BCUT2D eigenvalue weighted by atomic mass is 19.1. The molecular formula is C18H29FN2O2. The van der Waals surface area contributed by atoms with E-state index >= 15 is 0 Å². The van der Waals surface area contributed by atoms with Crippen molar-refractivity contribution in [1.82, 2.24) is 10.2 Å². The summed E-state index contributed by atoms with van der Waals surface area (Å²) in [6.07, 6.45) is 2.35. The van der Waals surface area contributed by atoms with E-state index < -0.39 is 6.17 Å². The number of hydrogen-bond donors (Lipinski definition) is 2. The van der Waals surface area contributed by atoms with Crippen LogP contribution in [-0.2, 0) is 11.2 Å². The molecule has 2 rings (SSSR count). The molecule has 0 aromatic heterocycles. The quantitative estimate of drug-likeness (QED) is 0.843. The third-order valence-electron chi connectivity index (χ3n) is 4.04. The van der Waals surface area contributed by atoms with E-state index in [1.165, 1.54) is 5.56 Å². The summed E-state index contributed by atoms with van der Waals surface area (Å²) in [6.45, 7) is 3.26. The molecule has 5 heteroatoms. The van der Waals surface area contributed by atoms with Gasteiger partial charge in [-0.1, -0.05) is 37.3 Å². The number of nitrogens with one attached hydrogen (secondary N) is 1. The summed E-state index contributed by atoms with van der Waals surface area (Å²) < 4.78 is 13.2. The summed E-state index contributed by atoms with van der Waals surface area (Å²) in [4.78, 5) is 12.1. The van der Waals surface area contributed by atoms with Gasteiger partial charge in [0.1, 0.15) is 6.17 Å². The molecule has 130 valence electrons. The Balaban J connectivity index is 0.000000379. The molecule has 1 saturated heterocycles. The topological polar surface area (TPSA) is 52.6 Å². The fourth-order valence-corrected chi connectivity index (χ4v) is 2.69. The minimum atomic E-state index is -0.760. The van der Waals surface area contributed by atoms with E-state index in [1.807, 2.05) is 25.1 Å². The van der Waals surface area contributed by atoms with Gasteiger partial charge in [0.15, 0.2) is 0 Å². The van der Waals surface area contributed by atoms with Crippen molar-refractivity contribution in [3.05, 3.63) is 35.9 Å². The van der Waals surface area contributed by atoms with Crippen molar-refractivity contribution >= 4 is 5.91 Å². The van der Waals surface area contributed by atoms with Crippen molar-refractivity contribution in [2.45, 2.75) is 44.8 Å². The van der Waals surface area contributed by atoms with Gasteiger partial charge in [0.2, 0.25) is 5.91 Å². The Kier molecular flexibility index (Phi) is 9.48. The number of likely N-dealkylation sites (tertiary alicyclic amines) is 1. The molecule has 0 radical (unpaired) electrons. The molecule has 23 heavy (non-hydrogen) atoms. The molecular weight excluding hydrogens is 295 g/mol. The number of benzene rings is 1. The predicted octanol–water partition coefficient (Wildman–Crippen LogP) is 2.17. The second kappa shape index (κ2) is 11.1. The smallest absolute Gasteiger partial charge is 0.219 e. The lowest BCUT2D eigenvalue weighted by Crippen LogP contribution is -2.33. The lowest BCUT2D eigenvalue weighted by atomic mass is 10.1. The van der Waals surface area contributed by atoms with Gasteiger partial charge in [0.25, 0.3) is 0 Å². The van der Waals surface area contributed by atoms with Gasteiger partial charge in [-0.2, -0.15) is 0 Å². The van der Waals surface area contributed by atoms with Gasteiger partial charge in [-0.3, -0.25) is 9.69 Å². The second-order valence-corrected chi connectivity index (χ2v) is 5.78. The zero-order valence-corrected chi connectivity index (χ0v) is 14.2. The first-order chi connectivity index (χ1) is 11.1. The fourth-order valence-electron chi connectivity index (χ4n) is 2.69. The van der Waals surface area contributed by atoms with Crippen LogP contribution in [0.1, 0.15) is 31.7 Å². The number of amides is 1. The Morgan fingerprint density at radius 1 is 1.39 bits per heavy atom. The zero-order chi connectivity index (χ0) is 17.1. The molecule has 2 unspecified atom stereocenters. The van der Waals surface area contributed by atoms with Crippen LogP contribution < -0.4 is 5.32 Å². The Labute approximate surface area is 138 Å². The first-order valence-electron chi connectivity index (χ1n) is 8.34. The summed E-state index contributed by atoms with van der Waals surface area (Å²) >= 11 is 0. The molecule has 1 fully saturated rings. The van der Waals surface area contributed by atoms with Crippen LogP contribution in [0.15, 0.2) is 30.3 Å². The third-order valence-corrected chi connectivity index (χ3v) is 4.04. The van der Waals surface area contributed by atoms with Gasteiger partial charge in [0.05, 0.1) is 6.61 Å². The van der Waals surface area contributed by atoms with Gasteiger partial charge < -0.3 is 10.4 Å². The number of hydrogen-bond acceptors (Lipinski definition) is 3. The van der Waals surface area contributed by atoms with Crippen molar-refractivity contribution in [2.24, 2.45) is 0 Å². The molecule has 1 amide bonds. The van der Waals surface area contributed by atoms with E-state index in [9.17, 15) is 9.18 Å². The Bertz CT molecular complexity index is 436. The monoisotopic (exact) mass is 324 g/mol. The largest absolute Gasteiger partial charge is 0.395 e. The van der Waals surface area contributed by atoms with Crippen LogP contribution >= 0.6 is 0 Å². The maximum atomic E-state index is 13.2. The molecule has 0 saturated carbocycles. The second-order valence-electron chi connectivity index (χ2n) is 5.78. The third kappa shape index (κ3) is 7.57. The summed E-state index contributed by atoms with van der Waals surface area (Å²) in [6, 6.07) is 10.4. The zero-order valence-electron chi connectivity index (χ0n) is 14.2. The van der Waals surface area contributed by atoms with Crippen molar-refractivity contribution in [2.75, 3.05) is 26.7 Å². The number of aliphatic hydroxyl groups is 1. The van der Waals surface area contributed by atoms with Crippen LogP contribution in [0, 0.1) is 0 Å². The predicted molar refractivity (Wildman–Crippen MR) is 91.1 cm³/mol. The number of nitrogens with zero attached hydrogens (tertiary/aromatic N) is 1. The summed E-state index contributed by atoms with van der Waals surface area (Å²) in [5.41, 5.74) is 1.32. The van der Waals surface area contributed by atoms with Crippen LogP contribution in [-0.4, -0.2) is 54.9 Å². The maximum absolute atomic E-state index is 13.2. The molecule has 2 atom stereocenters. The molecule has 2 N–H and O–H groups in total. The Hall–Kier alpha value is -1.46. The van der Waals surface area contributed by atoms with Crippen LogP contribution in [0.4, 0.5) is 4.39 Å². The highest BCUT2D eigenvalue weighted by molar-refractivity contribution is 5.74. The minimum Gasteiger partial charge on any atom is -0.395 e. The average molecular weight is 324 g/mol. The maximum Gasteiger partial charge on any atom is 0.219 e. The molecule has 1 aliphatic heterocycles. The van der Waals surface area contributed by atoms with Crippen molar-refractivity contribution in [3.8, 4) is 0 Å². The van der Waals surface area contributed by atoms with E-state index in [-0.39, 0.29) is 18.6 Å². The van der Waals surface area contributed by atoms with Crippen molar-refractivity contribution in [1.29, 1.82) is 0 Å². The van der Waals surface area contributed by atoms with Crippen molar-refractivity contribution < 1.29 is 14.3 Å². The molecule has 4 nitrogen and oxygen atoms in total. The highest BCUT2D eigenvalue weighted by Gasteiger charge is 2.30. The summed E-state index contributed by atoms with van der Waals surface area (Å²) in [5, 5.41) is 11.6. The van der Waals surface area contributed by atoms with Crippen molar-refractivity contribution in [3.63, 3.8) is 0 Å². The fraction of sp³-hybridized carbons (Fsp3) is 0.611. The minimum absolute atomic E-state index is 0.0285. The van der Waals surface area contributed by atoms with Gasteiger partial charge in [-0.25, -0.2) is 4.39 Å². The van der Waals surface area contributed by atoms with Crippen LogP contribution in [0.5, 0.6) is 0 Å². The molecule has 0 spiro atoms. The van der Waals surface area contributed by atoms with E-state index in [1.54, 1.807) is 7.05 Å². The first-order valence-corrected chi connectivity index (χ1v) is 8.34. The number of carbonyl (C=O) groups excluding carboxylic acids is 1. The first kappa shape index (κ1) is 19.6. The normalized spacial score (nSPS) is 20.7. The number of aliphatic hydroxyl groups excluding tert-OH is 1. The SMILES string of the molecule is CCC(=O)NC.OCC1CC(F)CN1CCCc1ccccc1. The molecule has 1 aromatic carbocycles. The van der Waals surface area contributed by atoms with Crippen LogP contribution in [0.3, 0.4) is 0 Å². The lowest BCUT2D eigenvalue weighted by Gasteiger charge is -2.21. The average Bonchev–Trinajstić information content (AvgIpc) is 2.95. The van der Waals surface area contributed by atoms with Crippen LogP contribution in [0.25, 0.3) is 0 Å². The van der Waals surface area contributed by atoms with E-state index in [4.69, 9.17) is 5.11 Å². The van der Waals surface area contributed by atoms with Crippen LogP contribution in [0.2, 0.25) is 0 Å². The lowest BCUT2D eigenvalue weighted by molar-refractivity contribution is -0.120. The Morgan fingerprint density at radius 2 is 2.09 bits per heavy atom. The van der Waals surface area contributed by atoms with E-state index in [0.29, 0.717) is 19.4 Å². The van der Waals surface area contributed by atoms with E-state index in [2.05, 4.69) is 22.3 Å². The van der Waals surface area contributed by atoms with Gasteiger partial charge in [0, 0.05) is 26.1 Å². The summed E-state index contributed by atoms with van der Waals surface area (Å²) in [7, 11) is 1.63. The number of aryl methyl sites for hydroxylation is 1. The highest BCUT2D eigenvalue weighted by Crippen LogP contribution is 2.20.